The monoisotopic (exact) mass is 557 g/mol. The number of benzene rings is 2. The van der Waals surface area contributed by atoms with Gasteiger partial charge >= 0.3 is 0 Å². The number of likely N-dealkylation sites (N-methyl/N-ethyl adjacent to an activating group) is 1. The zero-order valence-corrected chi connectivity index (χ0v) is 23.3. The van der Waals surface area contributed by atoms with Crippen molar-refractivity contribution in [3.8, 4) is 34.5 Å². The molecule has 0 radical (unpaired) electrons. The van der Waals surface area contributed by atoms with E-state index in [1.165, 1.54) is 14.2 Å². The molecule has 0 aromatic heterocycles. The van der Waals surface area contributed by atoms with Crippen molar-refractivity contribution in [2.45, 2.75) is 57.5 Å². The van der Waals surface area contributed by atoms with Gasteiger partial charge in [0, 0.05) is 59.4 Å². The SMILES string of the molecule is COc1c(C)c(O)c2c(c1O)[C@@H]1[C@@H]3Cc4c(O)c(C)c(OC)c(O)c4[C@H](CNC(=O)C(C)=O)N3C[C@H]([C@H]2O)N1C. The van der Waals surface area contributed by atoms with Gasteiger partial charge in [0.2, 0.25) is 5.78 Å². The number of phenolic OH excluding ortho intramolecular Hbond substituents is 4. The summed E-state index contributed by atoms with van der Waals surface area (Å²) < 4.78 is 10.8. The number of piperazine rings is 1. The van der Waals surface area contributed by atoms with Gasteiger partial charge in [0.05, 0.1) is 38.4 Å². The van der Waals surface area contributed by atoms with E-state index < -0.39 is 42.0 Å². The first-order valence-corrected chi connectivity index (χ1v) is 13.0. The molecule has 6 N–H and O–H groups in total. The highest BCUT2D eigenvalue weighted by Gasteiger charge is 2.55. The average molecular weight is 558 g/mol. The van der Waals surface area contributed by atoms with E-state index in [0.29, 0.717) is 27.8 Å². The molecule has 1 amide bonds. The molecule has 40 heavy (non-hydrogen) atoms. The first-order valence-electron chi connectivity index (χ1n) is 13.0. The molecule has 5 atom stereocenters. The number of carbonyl (C=O) groups excluding carboxylic acids is 2. The van der Waals surface area contributed by atoms with Crippen molar-refractivity contribution in [1.82, 2.24) is 15.1 Å². The summed E-state index contributed by atoms with van der Waals surface area (Å²) in [5.41, 5.74) is 1.99. The van der Waals surface area contributed by atoms with Gasteiger partial charge in [-0.05, 0) is 27.3 Å². The van der Waals surface area contributed by atoms with Gasteiger partial charge in [0.25, 0.3) is 5.91 Å². The Balaban J connectivity index is 1.75. The summed E-state index contributed by atoms with van der Waals surface area (Å²) in [5.74, 6) is -1.89. The molecule has 0 saturated carbocycles. The minimum Gasteiger partial charge on any atom is -0.507 e. The van der Waals surface area contributed by atoms with Gasteiger partial charge in [-0.2, -0.15) is 0 Å². The molecule has 1 fully saturated rings. The van der Waals surface area contributed by atoms with Crippen molar-refractivity contribution < 1.29 is 44.6 Å². The second kappa shape index (κ2) is 9.72. The van der Waals surface area contributed by atoms with Gasteiger partial charge in [-0.3, -0.25) is 19.4 Å². The lowest BCUT2D eigenvalue weighted by molar-refractivity contribution is -0.137. The molecule has 0 unspecified atom stereocenters. The van der Waals surface area contributed by atoms with Gasteiger partial charge in [0.15, 0.2) is 23.0 Å². The molecule has 2 aromatic carbocycles. The van der Waals surface area contributed by atoms with Crippen LogP contribution in [0, 0.1) is 13.8 Å². The molecule has 1 saturated heterocycles. The van der Waals surface area contributed by atoms with E-state index in [2.05, 4.69) is 5.32 Å². The number of ether oxygens (including phenoxy) is 2. The minimum atomic E-state index is -1.18. The van der Waals surface area contributed by atoms with Crippen LogP contribution in [0.3, 0.4) is 0 Å². The number of methoxy groups -OCH3 is 2. The quantitative estimate of drug-likeness (QED) is 0.231. The van der Waals surface area contributed by atoms with E-state index >= 15 is 0 Å². The Labute approximate surface area is 231 Å². The normalized spacial score (nSPS) is 25.4. The van der Waals surface area contributed by atoms with Crippen LogP contribution in [0.2, 0.25) is 0 Å². The highest BCUT2D eigenvalue weighted by molar-refractivity contribution is 6.35. The van der Waals surface area contributed by atoms with Crippen LogP contribution in [0.25, 0.3) is 0 Å². The second-order valence-corrected chi connectivity index (χ2v) is 10.8. The Morgan fingerprint density at radius 2 is 1.48 bits per heavy atom. The third kappa shape index (κ3) is 3.70. The number of amides is 1. The summed E-state index contributed by atoms with van der Waals surface area (Å²) in [6.45, 7) is 4.55. The Morgan fingerprint density at radius 1 is 0.900 bits per heavy atom. The van der Waals surface area contributed by atoms with Gasteiger partial charge in [0.1, 0.15) is 11.5 Å². The molecule has 5 rings (SSSR count). The minimum absolute atomic E-state index is 0.0680. The van der Waals surface area contributed by atoms with Crippen molar-refractivity contribution in [2.24, 2.45) is 0 Å². The molecular formula is C28H35N3O9. The molecule has 0 spiro atoms. The van der Waals surface area contributed by atoms with E-state index in [0.717, 1.165) is 6.92 Å². The van der Waals surface area contributed by atoms with Crippen molar-refractivity contribution in [3.63, 3.8) is 0 Å². The van der Waals surface area contributed by atoms with Crippen LogP contribution in [-0.2, 0) is 16.0 Å². The number of fused-ring (bicyclic) bond motifs is 7. The second-order valence-electron chi connectivity index (χ2n) is 10.8. The summed E-state index contributed by atoms with van der Waals surface area (Å²) in [7, 11) is 4.58. The molecule has 3 aliphatic heterocycles. The van der Waals surface area contributed by atoms with Crippen LogP contribution in [0.1, 0.15) is 58.5 Å². The zero-order valence-electron chi connectivity index (χ0n) is 23.3. The number of nitrogens with zero attached hydrogens (tertiary/aromatic N) is 2. The van der Waals surface area contributed by atoms with Gasteiger partial charge in [-0.15, -0.1) is 0 Å². The highest BCUT2D eigenvalue weighted by Crippen LogP contribution is 2.59. The Morgan fingerprint density at radius 3 is 2.05 bits per heavy atom. The molecule has 12 heteroatoms. The number of aromatic hydroxyl groups is 4. The lowest BCUT2D eigenvalue weighted by Crippen LogP contribution is -2.65. The van der Waals surface area contributed by atoms with Crippen LogP contribution >= 0.6 is 0 Å². The van der Waals surface area contributed by atoms with E-state index in [9.17, 15) is 35.1 Å². The number of carbonyl (C=O) groups is 2. The maximum absolute atomic E-state index is 12.3. The number of rotatable bonds is 5. The largest absolute Gasteiger partial charge is 0.507 e. The third-order valence-corrected chi connectivity index (χ3v) is 8.93. The average Bonchev–Trinajstić information content (AvgIpc) is 2.91. The van der Waals surface area contributed by atoms with Crippen molar-refractivity contribution in [1.29, 1.82) is 0 Å². The number of aliphatic hydroxyl groups excluding tert-OH is 1. The summed E-state index contributed by atoms with van der Waals surface area (Å²) in [6, 6.07) is -2.30. The topological polar surface area (TPSA) is 172 Å². The summed E-state index contributed by atoms with van der Waals surface area (Å²) in [5, 5.41) is 59.3. The highest BCUT2D eigenvalue weighted by atomic mass is 16.5. The zero-order chi connectivity index (χ0) is 29.4. The van der Waals surface area contributed by atoms with Crippen LogP contribution in [0.5, 0.6) is 34.5 Å². The third-order valence-electron chi connectivity index (χ3n) is 8.93. The van der Waals surface area contributed by atoms with E-state index in [1.807, 2.05) is 16.8 Å². The predicted molar refractivity (Wildman–Crippen MR) is 142 cm³/mol. The van der Waals surface area contributed by atoms with Crippen molar-refractivity contribution in [2.75, 3.05) is 34.4 Å². The first kappa shape index (κ1) is 27.8. The van der Waals surface area contributed by atoms with Crippen molar-refractivity contribution in [3.05, 3.63) is 33.4 Å². The van der Waals surface area contributed by atoms with Crippen molar-refractivity contribution >= 4 is 11.7 Å². The number of phenols is 4. The van der Waals surface area contributed by atoms with Crippen LogP contribution < -0.4 is 14.8 Å². The van der Waals surface area contributed by atoms with Gasteiger partial charge < -0.3 is 40.3 Å². The lowest BCUT2D eigenvalue weighted by atomic mass is 9.72. The standard InChI is InChI=1S/C28H35N3O9/c1-10-21(33)13-7-14-20-18-19(22(34)11(2)27(40-6)25(18)37)23(35)16(30(20)4)9-31(14)15(8-29-28(38)12(3)32)17(13)24(36)26(10)39-5/h14-16,20,23,33-37H,7-9H2,1-6H3,(H,29,38)/t14-,15-,16+,20-,23+/m0/s1. The number of Topliss-reactive ketones (excluding diaryl/α,β-unsaturated/α-hetero) is 1. The number of nitrogens with one attached hydrogen (secondary N) is 1. The molecule has 3 heterocycles. The predicted octanol–water partition coefficient (Wildman–Crippen LogP) is 1.22. The first-order chi connectivity index (χ1) is 18.9. The van der Waals surface area contributed by atoms with Crippen LogP contribution in [0.4, 0.5) is 0 Å². The molecule has 3 aliphatic rings. The number of hydrogen-bond donors (Lipinski definition) is 6. The molecule has 12 nitrogen and oxygen atoms in total. The summed E-state index contributed by atoms with van der Waals surface area (Å²) >= 11 is 0. The van der Waals surface area contributed by atoms with Gasteiger partial charge in [-0.25, -0.2) is 0 Å². The summed E-state index contributed by atoms with van der Waals surface area (Å²) in [6.07, 6.45) is -0.958. The number of ketones is 1. The Bertz CT molecular complexity index is 1430. The lowest BCUT2D eigenvalue weighted by Gasteiger charge is -2.59. The molecule has 2 aromatic rings. The Kier molecular flexibility index (Phi) is 6.76. The maximum Gasteiger partial charge on any atom is 0.287 e. The fraction of sp³-hybridized carbons (Fsp3) is 0.500. The number of hydrogen-bond acceptors (Lipinski definition) is 11. The maximum atomic E-state index is 12.3. The molecule has 0 aliphatic carbocycles. The molecular weight excluding hydrogens is 522 g/mol. The van der Waals surface area contributed by atoms with E-state index in [4.69, 9.17) is 9.47 Å². The fourth-order valence-corrected chi connectivity index (χ4v) is 6.98. The van der Waals surface area contributed by atoms with Gasteiger partial charge in [-0.1, -0.05) is 0 Å². The van der Waals surface area contributed by atoms with E-state index in [-0.39, 0.29) is 59.6 Å². The molecule has 2 bridgehead atoms. The van der Waals surface area contributed by atoms with Crippen LogP contribution in [-0.4, -0.2) is 93.5 Å². The van der Waals surface area contributed by atoms with E-state index in [1.54, 1.807) is 13.8 Å². The Hall–Kier alpha value is -3.74. The number of aliphatic hydroxyl groups is 1. The fourth-order valence-electron chi connectivity index (χ4n) is 6.98. The summed E-state index contributed by atoms with van der Waals surface area (Å²) in [4.78, 5) is 27.9. The smallest absolute Gasteiger partial charge is 0.287 e. The van der Waals surface area contributed by atoms with Crippen LogP contribution in [0.15, 0.2) is 0 Å². The molecule has 216 valence electrons.